The minimum Gasteiger partial charge on any atom is -0.312 e. The second-order valence-corrected chi connectivity index (χ2v) is 4.73. The summed E-state index contributed by atoms with van der Waals surface area (Å²) in [4.78, 5) is 2.37. The molecule has 0 amide bonds. The lowest BCUT2D eigenvalue weighted by Gasteiger charge is -2.27. The molecule has 1 unspecified atom stereocenters. The first kappa shape index (κ1) is 13.2. The zero-order valence-corrected chi connectivity index (χ0v) is 11.1. The van der Waals surface area contributed by atoms with Crippen LogP contribution in [0.25, 0.3) is 0 Å². The highest BCUT2D eigenvalue weighted by molar-refractivity contribution is 5.28. The Morgan fingerprint density at radius 1 is 1.25 bits per heavy atom. The number of nitrogens with zero attached hydrogens (tertiary/aromatic N) is 1. The molecule has 0 spiro atoms. The number of hydrogen-bond acceptors (Lipinski definition) is 2. The van der Waals surface area contributed by atoms with E-state index in [0.29, 0.717) is 12.1 Å². The third-order valence-electron chi connectivity index (χ3n) is 3.26. The summed E-state index contributed by atoms with van der Waals surface area (Å²) in [5.74, 6) is 0. The van der Waals surface area contributed by atoms with Gasteiger partial charge in [-0.25, -0.2) is 0 Å². The van der Waals surface area contributed by atoms with Crippen molar-refractivity contribution in [1.29, 1.82) is 0 Å². The SMILES string of the molecule is CNC(CN(C)C(C)C)c1ccccc1C. The molecule has 2 heteroatoms. The number of rotatable bonds is 5. The van der Waals surface area contributed by atoms with Crippen molar-refractivity contribution in [3.05, 3.63) is 35.4 Å². The molecule has 0 aliphatic heterocycles. The van der Waals surface area contributed by atoms with Gasteiger partial charge >= 0.3 is 0 Å². The molecule has 1 N–H and O–H groups in total. The zero-order valence-electron chi connectivity index (χ0n) is 11.1. The van der Waals surface area contributed by atoms with Crippen molar-refractivity contribution in [3.8, 4) is 0 Å². The van der Waals surface area contributed by atoms with Gasteiger partial charge in [0.05, 0.1) is 0 Å². The van der Waals surface area contributed by atoms with Gasteiger partial charge in [-0.1, -0.05) is 24.3 Å². The molecule has 1 aromatic rings. The molecule has 0 bridgehead atoms. The average molecular weight is 220 g/mol. The molecule has 0 aromatic heterocycles. The molecule has 1 atom stereocenters. The summed E-state index contributed by atoms with van der Waals surface area (Å²) in [5, 5.41) is 3.40. The fourth-order valence-corrected chi connectivity index (χ4v) is 1.82. The highest BCUT2D eigenvalue weighted by atomic mass is 15.1. The van der Waals surface area contributed by atoms with Gasteiger partial charge in [-0.05, 0) is 46.0 Å². The van der Waals surface area contributed by atoms with Gasteiger partial charge < -0.3 is 10.2 Å². The first-order chi connectivity index (χ1) is 7.56. The van der Waals surface area contributed by atoms with Gasteiger partial charge in [0.1, 0.15) is 0 Å². The maximum Gasteiger partial charge on any atom is 0.0449 e. The van der Waals surface area contributed by atoms with E-state index in [9.17, 15) is 0 Å². The molecule has 0 aliphatic rings. The lowest BCUT2D eigenvalue weighted by Crippen LogP contribution is -2.35. The van der Waals surface area contributed by atoms with Crippen LogP contribution < -0.4 is 5.32 Å². The standard InChI is InChI=1S/C14H24N2/c1-11(2)16(5)10-14(15-4)13-9-7-6-8-12(13)3/h6-9,11,14-15H,10H2,1-5H3. The van der Waals surface area contributed by atoms with Crippen molar-refractivity contribution in [2.45, 2.75) is 32.9 Å². The smallest absolute Gasteiger partial charge is 0.0449 e. The largest absolute Gasteiger partial charge is 0.312 e. The molecule has 0 radical (unpaired) electrons. The molecule has 1 rings (SSSR count). The van der Waals surface area contributed by atoms with Crippen molar-refractivity contribution < 1.29 is 0 Å². The molecule has 0 aliphatic carbocycles. The summed E-state index contributed by atoms with van der Waals surface area (Å²) >= 11 is 0. The summed E-state index contributed by atoms with van der Waals surface area (Å²) in [5.41, 5.74) is 2.76. The Hall–Kier alpha value is -0.860. The lowest BCUT2D eigenvalue weighted by atomic mass is 10.0. The van der Waals surface area contributed by atoms with Crippen LogP contribution in [0.15, 0.2) is 24.3 Å². The minimum absolute atomic E-state index is 0.411. The molecule has 1 aromatic carbocycles. The molecule has 90 valence electrons. The number of likely N-dealkylation sites (N-methyl/N-ethyl adjacent to an activating group) is 2. The van der Waals surface area contributed by atoms with Gasteiger partial charge in [-0.3, -0.25) is 0 Å². The summed E-state index contributed by atoms with van der Waals surface area (Å²) < 4.78 is 0. The summed E-state index contributed by atoms with van der Waals surface area (Å²) in [7, 11) is 4.21. The van der Waals surface area contributed by atoms with E-state index >= 15 is 0 Å². The molecule has 0 saturated carbocycles. The highest BCUT2D eigenvalue weighted by Gasteiger charge is 2.14. The maximum absolute atomic E-state index is 3.40. The Balaban J connectivity index is 2.79. The second kappa shape index (κ2) is 6.02. The van der Waals surface area contributed by atoms with Crippen molar-refractivity contribution in [2.24, 2.45) is 0 Å². The van der Waals surface area contributed by atoms with Crippen LogP contribution in [0.1, 0.15) is 31.0 Å². The van der Waals surface area contributed by atoms with Crippen LogP contribution in [0.2, 0.25) is 0 Å². The van der Waals surface area contributed by atoms with Gasteiger partial charge in [-0.15, -0.1) is 0 Å². The third kappa shape index (κ3) is 3.32. The van der Waals surface area contributed by atoms with Crippen LogP contribution in [0.5, 0.6) is 0 Å². The summed E-state index contributed by atoms with van der Waals surface area (Å²) in [6.45, 7) is 7.67. The summed E-state index contributed by atoms with van der Waals surface area (Å²) in [6.07, 6.45) is 0. The number of aryl methyl sites for hydroxylation is 1. The van der Waals surface area contributed by atoms with Gasteiger partial charge in [-0.2, -0.15) is 0 Å². The van der Waals surface area contributed by atoms with E-state index in [1.165, 1.54) is 11.1 Å². The maximum atomic E-state index is 3.40. The van der Waals surface area contributed by atoms with E-state index in [1.54, 1.807) is 0 Å². The number of nitrogens with one attached hydrogen (secondary N) is 1. The van der Waals surface area contributed by atoms with Crippen LogP contribution in [0, 0.1) is 6.92 Å². The van der Waals surface area contributed by atoms with E-state index in [2.05, 4.69) is 62.3 Å². The molecule has 2 nitrogen and oxygen atoms in total. The van der Waals surface area contributed by atoms with Gasteiger partial charge in [0.25, 0.3) is 0 Å². The van der Waals surface area contributed by atoms with Crippen LogP contribution in [-0.4, -0.2) is 31.6 Å². The second-order valence-electron chi connectivity index (χ2n) is 4.73. The Labute approximate surface area is 99.7 Å². The molecular formula is C14H24N2. The lowest BCUT2D eigenvalue weighted by molar-refractivity contribution is 0.246. The number of hydrogen-bond donors (Lipinski definition) is 1. The van der Waals surface area contributed by atoms with Crippen LogP contribution in [0.4, 0.5) is 0 Å². The summed E-state index contributed by atoms with van der Waals surface area (Å²) in [6, 6.07) is 9.59. The Bertz CT molecular complexity index is 320. The fraction of sp³-hybridized carbons (Fsp3) is 0.571. The van der Waals surface area contributed by atoms with Gasteiger partial charge in [0.2, 0.25) is 0 Å². The van der Waals surface area contributed by atoms with E-state index in [4.69, 9.17) is 0 Å². The molecule has 0 saturated heterocycles. The third-order valence-corrected chi connectivity index (χ3v) is 3.26. The van der Waals surface area contributed by atoms with Crippen molar-refractivity contribution in [2.75, 3.05) is 20.6 Å². The van der Waals surface area contributed by atoms with E-state index < -0.39 is 0 Å². The normalized spacial score (nSPS) is 13.4. The predicted octanol–water partition coefficient (Wildman–Crippen LogP) is 2.60. The Kier molecular flexibility index (Phi) is 4.97. The topological polar surface area (TPSA) is 15.3 Å². The van der Waals surface area contributed by atoms with Crippen molar-refractivity contribution in [1.82, 2.24) is 10.2 Å². The average Bonchev–Trinajstić information content (AvgIpc) is 2.26. The fourth-order valence-electron chi connectivity index (χ4n) is 1.82. The zero-order chi connectivity index (χ0) is 12.1. The Morgan fingerprint density at radius 2 is 1.88 bits per heavy atom. The van der Waals surface area contributed by atoms with E-state index in [0.717, 1.165) is 6.54 Å². The highest BCUT2D eigenvalue weighted by Crippen LogP contribution is 2.18. The van der Waals surface area contributed by atoms with E-state index in [1.807, 2.05) is 7.05 Å². The molecular weight excluding hydrogens is 196 g/mol. The van der Waals surface area contributed by atoms with Gasteiger partial charge in [0.15, 0.2) is 0 Å². The van der Waals surface area contributed by atoms with Crippen LogP contribution in [0.3, 0.4) is 0 Å². The van der Waals surface area contributed by atoms with E-state index in [-0.39, 0.29) is 0 Å². The minimum atomic E-state index is 0.411. The predicted molar refractivity (Wildman–Crippen MR) is 70.7 cm³/mol. The quantitative estimate of drug-likeness (QED) is 0.820. The monoisotopic (exact) mass is 220 g/mol. The first-order valence-electron chi connectivity index (χ1n) is 5.99. The Morgan fingerprint density at radius 3 is 2.38 bits per heavy atom. The van der Waals surface area contributed by atoms with Gasteiger partial charge in [0, 0.05) is 18.6 Å². The van der Waals surface area contributed by atoms with Crippen LogP contribution in [-0.2, 0) is 0 Å². The van der Waals surface area contributed by atoms with Crippen molar-refractivity contribution >= 4 is 0 Å². The number of benzene rings is 1. The van der Waals surface area contributed by atoms with Crippen molar-refractivity contribution in [3.63, 3.8) is 0 Å². The molecule has 0 fully saturated rings. The molecule has 0 heterocycles. The molecule has 16 heavy (non-hydrogen) atoms. The first-order valence-corrected chi connectivity index (χ1v) is 5.99. The van der Waals surface area contributed by atoms with Crippen LogP contribution >= 0.6 is 0 Å².